The highest BCUT2D eigenvalue weighted by atomic mass is 19.1. The molecule has 1 aliphatic rings. The number of rotatable bonds is 2. The van der Waals surface area contributed by atoms with Gasteiger partial charge in [0.05, 0.1) is 6.04 Å². The third-order valence-electron chi connectivity index (χ3n) is 2.49. The quantitative estimate of drug-likeness (QED) is 0.725. The number of hydrogen-bond acceptors (Lipinski definition) is 2. The van der Waals surface area contributed by atoms with Crippen LogP contribution in [0.4, 0.5) is 4.39 Å². The molecule has 1 unspecified atom stereocenters. The summed E-state index contributed by atoms with van der Waals surface area (Å²) in [4.78, 5) is 11.8. The second-order valence-corrected chi connectivity index (χ2v) is 3.52. The van der Waals surface area contributed by atoms with Gasteiger partial charge in [-0.05, 0) is 31.5 Å². The van der Waals surface area contributed by atoms with Crippen LogP contribution >= 0.6 is 0 Å². The highest BCUT2D eigenvalue weighted by molar-refractivity contribution is 6.00. The highest BCUT2D eigenvalue weighted by Gasteiger charge is 2.23. The zero-order valence-corrected chi connectivity index (χ0v) is 7.79. The number of hydrogen-bond donors (Lipinski definition) is 1. The average Bonchev–Trinajstić information content (AvgIpc) is 2.69. The third-order valence-corrected chi connectivity index (χ3v) is 2.49. The van der Waals surface area contributed by atoms with Gasteiger partial charge in [0, 0.05) is 5.56 Å². The van der Waals surface area contributed by atoms with Crippen LogP contribution in [0.1, 0.15) is 23.2 Å². The van der Waals surface area contributed by atoms with Gasteiger partial charge >= 0.3 is 0 Å². The zero-order chi connectivity index (χ0) is 9.97. The number of ketones is 1. The second-order valence-electron chi connectivity index (χ2n) is 3.52. The molecule has 0 amide bonds. The van der Waals surface area contributed by atoms with Crippen LogP contribution in [0.15, 0.2) is 24.3 Å². The normalized spacial score (nSPS) is 21.1. The fourth-order valence-corrected chi connectivity index (χ4v) is 1.75. The van der Waals surface area contributed by atoms with Crippen molar-refractivity contribution in [1.29, 1.82) is 0 Å². The smallest absolute Gasteiger partial charge is 0.179 e. The van der Waals surface area contributed by atoms with E-state index in [0.717, 1.165) is 19.4 Å². The number of nitrogens with one attached hydrogen (secondary N) is 1. The summed E-state index contributed by atoms with van der Waals surface area (Å²) in [5, 5.41) is 3.10. The Morgan fingerprint density at radius 2 is 2.36 bits per heavy atom. The maximum Gasteiger partial charge on any atom is 0.179 e. The largest absolute Gasteiger partial charge is 0.307 e. The Kier molecular flexibility index (Phi) is 2.59. The van der Waals surface area contributed by atoms with Gasteiger partial charge in [-0.1, -0.05) is 12.1 Å². The van der Waals surface area contributed by atoms with Gasteiger partial charge in [-0.2, -0.15) is 0 Å². The van der Waals surface area contributed by atoms with E-state index in [9.17, 15) is 9.18 Å². The van der Waals surface area contributed by atoms with Gasteiger partial charge in [0.1, 0.15) is 5.82 Å². The summed E-state index contributed by atoms with van der Waals surface area (Å²) >= 11 is 0. The lowest BCUT2D eigenvalue weighted by Crippen LogP contribution is -2.30. The monoisotopic (exact) mass is 193 g/mol. The Bertz CT molecular complexity index is 345. The molecule has 14 heavy (non-hydrogen) atoms. The first kappa shape index (κ1) is 9.34. The fraction of sp³-hybridized carbons (Fsp3) is 0.364. The molecule has 0 radical (unpaired) electrons. The average molecular weight is 193 g/mol. The van der Waals surface area contributed by atoms with Gasteiger partial charge in [0.15, 0.2) is 5.78 Å². The molecule has 0 saturated carbocycles. The summed E-state index contributed by atoms with van der Waals surface area (Å²) < 4.78 is 12.8. The lowest BCUT2D eigenvalue weighted by Gasteiger charge is -2.08. The van der Waals surface area contributed by atoms with Gasteiger partial charge in [-0.25, -0.2) is 4.39 Å². The van der Waals surface area contributed by atoms with Gasteiger partial charge in [-0.15, -0.1) is 0 Å². The molecule has 2 rings (SSSR count). The van der Waals surface area contributed by atoms with Crippen LogP contribution < -0.4 is 5.32 Å². The van der Waals surface area contributed by atoms with Crippen LogP contribution in [-0.2, 0) is 0 Å². The van der Waals surface area contributed by atoms with Crippen LogP contribution in [0, 0.1) is 5.82 Å². The maximum absolute atomic E-state index is 12.8. The van der Waals surface area contributed by atoms with Crippen molar-refractivity contribution in [3.05, 3.63) is 35.6 Å². The lowest BCUT2D eigenvalue weighted by atomic mass is 10.0. The minimum Gasteiger partial charge on any atom is -0.307 e. The molecule has 0 bridgehead atoms. The number of benzene rings is 1. The summed E-state index contributed by atoms with van der Waals surface area (Å²) in [5.74, 6) is -0.351. The van der Waals surface area contributed by atoms with Crippen LogP contribution in [-0.4, -0.2) is 18.4 Å². The predicted molar refractivity (Wildman–Crippen MR) is 51.8 cm³/mol. The molecule has 0 spiro atoms. The molecule has 2 nitrogen and oxygen atoms in total. The van der Waals surface area contributed by atoms with E-state index in [4.69, 9.17) is 0 Å². The van der Waals surface area contributed by atoms with Crippen LogP contribution in [0.2, 0.25) is 0 Å². The van der Waals surface area contributed by atoms with Crippen LogP contribution in [0.25, 0.3) is 0 Å². The first-order valence-corrected chi connectivity index (χ1v) is 4.80. The lowest BCUT2D eigenvalue weighted by molar-refractivity contribution is 0.0952. The molecule has 1 aromatic carbocycles. The summed E-state index contributed by atoms with van der Waals surface area (Å²) in [6.07, 6.45) is 1.88. The summed E-state index contributed by atoms with van der Waals surface area (Å²) in [6, 6.07) is 5.75. The molecule has 1 fully saturated rings. The van der Waals surface area contributed by atoms with E-state index in [1.54, 1.807) is 12.1 Å². The number of Topliss-reactive ketones (excluding diaryl/α,β-unsaturated/α-hetero) is 1. The topological polar surface area (TPSA) is 29.1 Å². The third kappa shape index (κ3) is 1.82. The minimum absolute atomic E-state index is 0.00185. The Labute approximate surface area is 82.1 Å². The van der Waals surface area contributed by atoms with Crippen molar-refractivity contribution in [3.63, 3.8) is 0 Å². The standard InChI is InChI=1S/C11H12FNO/c12-9-4-1-3-8(7-9)11(14)10-5-2-6-13-10/h1,3-4,7,10,13H,2,5-6H2. The first-order valence-electron chi connectivity index (χ1n) is 4.80. The first-order chi connectivity index (χ1) is 6.77. The molecular weight excluding hydrogens is 181 g/mol. The van der Waals surface area contributed by atoms with E-state index < -0.39 is 0 Å². The molecule has 1 heterocycles. The maximum atomic E-state index is 12.8. The summed E-state index contributed by atoms with van der Waals surface area (Å²) in [7, 11) is 0. The van der Waals surface area contributed by atoms with Crippen molar-refractivity contribution in [2.45, 2.75) is 18.9 Å². The minimum atomic E-state index is -0.353. The van der Waals surface area contributed by atoms with E-state index in [-0.39, 0.29) is 17.6 Å². The van der Waals surface area contributed by atoms with E-state index in [2.05, 4.69) is 5.32 Å². The van der Waals surface area contributed by atoms with Crippen molar-refractivity contribution in [2.24, 2.45) is 0 Å². The number of carbonyl (C=O) groups is 1. The summed E-state index contributed by atoms with van der Waals surface area (Å²) in [5.41, 5.74) is 0.462. The number of halogens is 1. The molecule has 1 aromatic rings. The van der Waals surface area contributed by atoms with E-state index in [1.807, 2.05) is 0 Å². The molecule has 3 heteroatoms. The Hall–Kier alpha value is -1.22. The van der Waals surface area contributed by atoms with Crippen molar-refractivity contribution < 1.29 is 9.18 Å². The van der Waals surface area contributed by atoms with Crippen molar-refractivity contribution in [3.8, 4) is 0 Å². The van der Waals surface area contributed by atoms with Gasteiger partial charge in [0.25, 0.3) is 0 Å². The highest BCUT2D eigenvalue weighted by Crippen LogP contribution is 2.13. The van der Waals surface area contributed by atoms with Crippen molar-refractivity contribution in [2.75, 3.05) is 6.54 Å². The van der Waals surface area contributed by atoms with E-state index in [0.29, 0.717) is 5.56 Å². The van der Waals surface area contributed by atoms with Crippen molar-refractivity contribution in [1.82, 2.24) is 5.32 Å². The fourth-order valence-electron chi connectivity index (χ4n) is 1.75. The molecule has 1 N–H and O–H groups in total. The Balaban J connectivity index is 2.17. The van der Waals surface area contributed by atoms with Gasteiger partial charge in [-0.3, -0.25) is 4.79 Å². The molecule has 1 saturated heterocycles. The molecule has 1 atom stereocenters. The Morgan fingerprint density at radius 1 is 1.50 bits per heavy atom. The zero-order valence-electron chi connectivity index (χ0n) is 7.79. The van der Waals surface area contributed by atoms with Gasteiger partial charge in [0.2, 0.25) is 0 Å². The van der Waals surface area contributed by atoms with E-state index >= 15 is 0 Å². The second kappa shape index (κ2) is 3.88. The predicted octanol–water partition coefficient (Wildman–Crippen LogP) is 1.76. The van der Waals surface area contributed by atoms with E-state index in [1.165, 1.54) is 12.1 Å². The molecule has 0 aliphatic carbocycles. The summed E-state index contributed by atoms with van der Waals surface area (Å²) in [6.45, 7) is 0.881. The SMILES string of the molecule is O=C(c1cccc(F)c1)C1CCCN1. The molecule has 1 aliphatic heterocycles. The van der Waals surface area contributed by atoms with Crippen LogP contribution in [0.5, 0.6) is 0 Å². The number of carbonyl (C=O) groups excluding carboxylic acids is 1. The Morgan fingerprint density at radius 3 is 3.00 bits per heavy atom. The molecule has 74 valence electrons. The van der Waals surface area contributed by atoms with Gasteiger partial charge < -0.3 is 5.32 Å². The van der Waals surface area contributed by atoms with Crippen molar-refractivity contribution >= 4 is 5.78 Å². The molecule has 0 aromatic heterocycles. The van der Waals surface area contributed by atoms with Crippen LogP contribution in [0.3, 0.4) is 0 Å². The molecular formula is C11H12FNO.